The van der Waals surface area contributed by atoms with Crippen LogP contribution in [0, 0.1) is 11.8 Å². The van der Waals surface area contributed by atoms with E-state index in [9.17, 15) is 4.79 Å². The Hall–Kier alpha value is -1.69. The van der Waals surface area contributed by atoms with E-state index in [-0.39, 0.29) is 36.1 Å². The van der Waals surface area contributed by atoms with Gasteiger partial charge < -0.3 is 18.9 Å². The molecule has 1 aliphatic carbocycles. The van der Waals surface area contributed by atoms with Crippen LogP contribution in [-0.4, -0.2) is 44.4 Å². The van der Waals surface area contributed by atoms with E-state index in [1.807, 2.05) is 31.2 Å². The van der Waals surface area contributed by atoms with Gasteiger partial charge in [0, 0.05) is 7.11 Å². The summed E-state index contributed by atoms with van der Waals surface area (Å²) in [7, 11) is 3.30. The van der Waals surface area contributed by atoms with Crippen molar-refractivity contribution in [3.8, 4) is 5.75 Å². The minimum atomic E-state index is -0.356. The van der Waals surface area contributed by atoms with Crippen molar-refractivity contribution < 1.29 is 23.7 Å². The van der Waals surface area contributed by atoms with Crippen molar-refractivity contribution in [2.45, 2.75) is 64.6 Å². The van der Waals surface area contributed by atoms with Crippen molar-refractivity contribution in [1.82, 2.24) is 0 Å². The van der Waals surface area contributed by atoms with Crippen molar-refractivity contribution in [3.63, 3.8) is 0 Å². The van der Waals surface area contributed by atoms with Crippen LogP contribution >= 0.6 is 0 Å². The number of hydrogen-bond donors (Lipinski definition) is 0. The second kappa shape index (κ2) is 9.21. The molecule has 1 aromatic rings. The zero-order chi connectivity index (χ0) is 20.3. The summed E-state index contributed by atoms with van der Waals surface area (Å²) in [6, 6.07) is 7.79. The predicted octanol–water partition coefficient (Wildman–Crippen LogP) is 3.94. The molecular weight excluding hydrogens is 356 g/mol. The van der Waals surface area contributed by atoms with E-state index in [4.69, 9.17) is 18.9 Å². The van der Waals surface area contributed by atoms with Gasteiger partial charge in [-0.2, -0.15) is 0 Å². The van der Waals surface area contributed by atoms with Gasteiger partial charge >= 0.3 is 0 Å². The Bertz CT molecular complexity index is 693. The van der Waals surface area contributed by atoms with Gasteiger partial charge in [-0.05, 0) is 43.4 Å². The number of ether oxygens (including phenoxy) is 4. The molecule has 1 saturated carbocycles. The van der Waals surface area contributed by atoms with Gasteiger partial charge in [-0.25, -0.2) is 0 Å². The van der Waals surface area contributed by atoms with Gasteiger partial charge in [0.15, 0.2) is 5.78 Å². The van der Waals surface area contributed by atoms with Gasteiger partial charge in [0.05, 0.1) is 25.7 Å². The number of methoxy groups -OCH3 is 2. The van der Waals surface area contributed by atoms with Gasteiger partial charge in [0.2, 0.25) is 0 Å². The summed E-state index contributed by atoms with van der Waals surface area (Å²) in [6.07, 6.45) is 3.11. The Balaban J connectivity index is 1.69. The van der Waals surface area contributed by atoms with E-state index >= 15 is 0 Å². The third-order valence-corrected chi connectivity index (χ3v) is 5.66. The first-order valence-corrected chi connectivity index (χ1v) is 10.1. The minimum absolute atomic E-state index is 0.124. The maximum absolute atomic E-state index is 12.8. The number of epoxide rings is 1. The lowest BCUT2D eigenvalue weighted by atomic mass is 9.78. The highest BCUT2D eigenvalue weighted by molar-refractivity contribution is 5.92. The fraction of sp³-hybridized carbons (Fsp3) is 0.609. The molecule has 5 heteroatoms. The molecule has 5 atom stereocenters. The van der Waals surface area contributed by atoms with Crippen molar-refractivity contribution in [1.29, 1.82) is 0 Å². The average Bonchev–Trinajstić information content (AvgIpc) is 3.48. The number of Topliss-reactive ketones (excluding diaryl/α,β-unsaturated/α-hetero) is 1. The largest absolute Gasteiger partial charge is 0.497 e. The molecule has 3 rings (SSSR count). The van der Waals surface area contributed by atoms with Crippen LogP contribution in [0.3, 0.4) is 0 Å². The molecule has 0 unspecified atom stereocenters. The first kappa shape index (κ1) is 21.0. The molecule has 154 valence electrons. The van der Waals surface area contributed by atoms with Crippen molar-refractivity contribution in [3.05, 3.63) is 41.5 Å². The highest BCUT2D eigenvalue weighted by Crippen LogP contribution is 2.43. The van der Waals surface area contributed by atoms with Crippen LogP contribution in [0.15, 0.2) is 35.9 Å². The lowest BCUT2D eigenvalue weighted by molar-refractivity contribution is -0.138. The zero-order valence-corrected chi connectivity index (χ0v) is 17.5. The Morgan fingerprint density at radius 1 is 1.18 bits per heavy atom. The number of carbonyl (C=O) groups excluding carboxylic acids is 1. The van der Waals surface area contributed by atoms with Gasteiger partial charge in [-0.1, -0.05) is 37.6 Å². The van der Waals surface area contributed by atoms with E-state index in [0.29, 0.717) is 12.5 Å². The highest BCUT2D eigenvalue weighted by Gasteiger charge is 2.61. The molecular formula is C23H32O5. The average molecular weight is 389 g/mol. The molecule has 2 aliphatic rings. The van der Waals surface area contributed by atoms with Crippen LogP contribution in [0.1, 0.15) is 39.2 Å². The summed E-state index contributed by atoms with van der Waals surface area (Å²) in [6.45, 7) is 6.88. The number of carbonyl (C=O) groups is 1. The SMILES string of the molecule is COc1ccc(CO[C@@H]2[C@H]3O[C@H]3C(=O)[C@@H](/C(C)=C/CCC(C)C)[C@@H]2OC)cc1. The molecule has 0 N–H and O–H groups in total. The molecule has 1 heterocycles. The summed E-state index contributed by atoms with van der Waals surface area (Å²) in [5.74, 6) is 1.27. The molecule has 5 nitrogen and oxygen atoms in total. The zero-order valence-electron chi connectivity index (χ0n) is 17.5. The summed E-state index contributed by atoms with van der Waals surface area (Å²) >= 11 is 0. The number of allylic oxidation sites excluding steroid dienone is 1. The predicted molar refractivity (Wildman–Crippen MR) is 107 cm³/mol. The molecule has 0 amide bonds. The summed E-state index contributed by atoms with van der Waals surface area (Å²) in [5.41, 5.74) is 2.11. The van der Waals surface area contributed by atoms with Crippen molar-refractivity contribution in [2.24, 2.45) is 11.8 Å². The molecule has 2 fully saturated rings. The number of hydrogen-bond acceptors (Lipinski definition) is 5. The third kappa shape index (κ3) is 4.65. The van der Waals surface area contributed by atoms with E-state index in [1.165, 1.54) is 0 Å². The smallest absolute Gasteiger partial charge is 0.174 e. The second-order valence-electron chi connectivity index (χ2n) is 8.14. The quantitative estimate of drug-likeness (QED) is 0.474. The Labute approximate surface area is 168 Å². The first-order chi connectivity index (χ1) is 13.5. The highest BCUT2D eigenvalue weighted by atomic mass is 16.6. The molecule has 0 spiro atoms. The molecule has 28 heavy (non-hydrogen) atoms. The van der Waals surface area contributed by atoms with Crippen LogP contribution in [0.25, 0.3) is 0 Å². The summed E-state index contributed by atoms with van der Waals surface area (Å²) in [5, 5.41) is 0. The standard InChI is InChI=1S/C23H32O5/c1-14(2)7-6-8-15(3)18-19(24)21-23(28-21)22(20(18)26-5)27-13-16-9-11-17(25-4)12-10-16/h8-12,14,18,20-23H,6-7,13H2,1-5H3/b15-8+/t18-,20+,21+,22+,23+/m1/s1. The van der Waals surface area contributed by atoms with Gasteiger partial charge in [0.1, 0.15) is 24.1 Å². The molecule has 1 aliphatic heterocycles. The molecule has 0 aromatic heterocycles. The van der Waals surface area contributed by atoms with E-state index in [1.54, 1.807) is 14.2 Å². The van der Waals surface area contributed by atoms with Crippen LogP contribution in [0.2, 0.25) is 0 Å². The van der Waals surface area contributed by atoms with E-state index < -0.39 is 0 Å². The number of benzene rings is 1. The maximum atomic E-state index is 12.8. The van der Waals surface area contributed by atoms with Crippen molar-refractivity contribution >= 4 is 5.78 Å². The monoisotopic (exact) mass is 388 g/mol. The fourth-order valence-corrected chi connectivity index (χ4v) is 3.95. The Morgan fingerprint density at radius 2 is 1.89 bits per heavy atom. The summed E-state index contributed by atoms with van der Waals surface area (Å²) in [4.78, 5) is 12.8. The topological polar surface area (TPSA) is 57.3 Å². The van der Waals surface area contributed by atoms with Crippen LogP contribution in [-0.2, 0) is 25.6 Å². The van der Waals surface area contributed by atoms with E-state index in [0.717, 1.165) is 29.7 Å². The van der Waals surface area contributed by atoms with Crippen LogP contribution < -0.4 is 4.74 Å². The van der Waals surface area contributed by atoms with Gasteiger partial charge in [0.25, 0.3) is 0 Å². The maximum Gasteiger partial charge on any atom is 0.174 e. The van der Waals surface area contributed by atoms with Crippen LogP contribution in [0.5, 0.6) is 5.75 Å². The minimum Gasteiger partial charge on any atom is -0.497 e. The van der Waals surface area contributed by atoms with Gasteiger partial charge in [-0.15, -0.1) is 0 Å². The number of fused-ring (bicyclic) bond motifs is 1. The van der Waals surface area contributed by atoms with E-state index in [2.05, 4.69) is 19.9 Å². The first-order valence-electron chi connectivity index (χ1n) is 10.1. The normalized spacial score (nSPS) is 29.7. The lowest BCUT2D eigenvalue weighted by Crippen LogP contribution is -2.50. The van der Waals surface area contributed by atoms with Crippen LogP contribution in [0.4, 0.5) is 0 Å². The molecule has 1 aromatic carbocycles. The third-order valence-electron chi connectivity index (χ3n) is 5.66. The molecule has 0 bridgehead atoms. The van der Waals surface area contributed by atoms with Gasteiger partial charge in [-0.3, -0.25) is 4.79 Å². The Kier molecular flexibility index (Phi) is 6.91. The lowest BCUT2D eigenvalue weighted by Gasteiger charge is -2.34. The summed E-state index contributed by atoms with van der Waals surface area (Å²) < 4.78 is 22.8. The Morgan fingerprint density at radius 3 is 2.50 bits per heavy atom. The molecule has 0 radical (unpaired) electrons. The number of ketones is 1. The molecule has 1 saturated heterocycles. The van der Waals surface area contributed by atoms with Crippen molar-refractivity contribution in [2.75, 3.05) is 14.2 Å². The fourth-order valence-electron chi connectivity index (χ4n) is 3.95. The second-order valence-corrected chi connectivity index (χ2v) is 8.14. The number of rotatable bonds is 9.